The molecule has 0 radical (unpaired) electrons. The second kappa shape index (κ2) is 11.7. The Balaban J connectivity index is 1.21. The van der Waals surface area contributed by atoms with Crippen molar-refractivity contribution in [1.82, 2.24) is 10.6 Å². The van der Waals surface area contributed by atoms with Crippen molar-refractivity contribution in [2.24, 2.45) is 5.92 Å². The van der Waals surface area contributed by atoms with Crippen molar-refractivity contribution in [3.05, 3.63) is 59.2 Å². The maximum Gasteiger partial charge on any atom is 0.573 e. The normalized spacial score (nSPS) is 19.3. The first-order chi connectivity index (χ1) is 18.1. The molecule has 204 valence electrons. The third-order valence-corrected chi connectivity index (χ3v) is 6.66. The van der Waals surface area contributed by atoms with Crippen LogP contribution in [0, 0.1) is 5.92 Å². The fraction of sp³-hybridized carbons (Fsp3) is 0.444. The molecule has 2 aromatic rings. The van der Waals surface area contributed by atoms with Gasteiger partial charge in [0.05, 0.1) is 12.0 Å². The van der Waals surface area contributed by atoms with Crippen molar-refractivity contribution in [2.45, 2.75) is 56.9 Å². The Morgan fingerprint density at radius 1 is 0.842 bits per heavy atom. The average Bonchev–Trinajstić information content (AvgIpc) is 3.71. The van der Waals surface area contributed by atoms with Crippen LogP contribution < -0.4 is 20.1 Å². The van der Waals surface area contributed by atoms with Crippen LogP contribution in [0.2, 0.25) is 0 Å². The van der Waals surface area contributed by atoms with E-state index in [-0.39, 0.29) is 48.2 Å². The largest absolute Gasteiger partial charge is 0.573 e. The molecule has 8 nitrogen and oxygen atoms in total. The summed E-state index contributed by atoms with van der Waals surface area (Å²) >= 11 is 0. The van der Waals surface area contributed by atoms with Crippen molar-refractivity contribution >= 4 is 17.8 Å². The number of hydrogen-bond acceptors (Lipinski definition) is 5. The van der Waals surface area contributed by atoms with Gasteiger partial charge in [-0.3, -0.25) is 14.4 Å². The predicted octanol–water partition coefficient (Wildman–Crippen LogP) is 4.64. The van der Waals surface area contributed by atoms with Gasteiger partial charge in [0.15, 0.2) is 0 Å². The van der Waals surface area contributed by atoms with Crippen molar-refractivity contribution in [3.8, 4) is 11.5 Å². The Bertz CT molecular complexity index is 1160. The fourth-order valence-electron chi connectivity index (χ4n) is 4.48. The standard InChI is InChI=1S/C27H29F3N2O6/c28-27(29,30)38-23-15-19(7-12-22(23)16-1-2-16)25(34)32-14-13-31-24(33)17-3-8-20(9-4-17)37-21-10-5-18(6-11-21)26(35)36/h3-4,7-9,12,15-16,18,21H,1-2,5-6,10-11,13-14H2,(H,31,33)(H,32,34)(H,35,36). The Labute approximate surface area is 217 Å². The molecule has 0 bridgehead atoms. The molecule has 2 aromatic carbocycles. The van der Waals surface area contributed by atoms with Crippen molar-refractivity contribution in [3.63, 3.8) is 0 Å². The summed E-state index contributed by atoms with van der Waals surface area (Å²) in [4.78, 5) is 35.9. The lowest BCUT2D eigenvalue weighted by atomic mass is 9.87. The van der Waals surface area contributed by atoms with Crippen molar-refractivity contribution in [2.75, 3.05) is 13.1 Å². The van der Waals surface area contributed by atoms with Gasteiger partial charge in [-0.15, -0.1) is 13.2 Å². The molecule has 2 aliphatic carbocycles. The monoisotopic (exact) mass is 534 g/mol. The number of amides is 2. The molecular formula is C27H29F3N2O6. The lowest BCUT2D eigenvalue weighted by Crippen LogP contribution is -2.34. The number of carbonyl (C=O) groups excluding carboxylic acids is 2. The topological polar surface area (TPSA) is 114 Å². The first-order valence-corrected chi connectivity index (χ1v) is 12.5. The van der Waals surface area contributed by atoms with Gasteiger partial charge < -0.3 is 25.2 Å². The zero-order valence-electron chi connectivity index (χ0n) is 20.6. The molecule has 0 atom stereocenters. The zero-order valence-corrected chi connectivity index (χ0v) is 20.6. The summed E-state index contributed by atoms with van der Waals surface area (Å²) in [6.45, 7) is 0.187. The Hall–Kier alpha value is -3.76. The van der Waals surface area contributed by atoms with E-state index in [2.05, 4.69) is 15.4 Å². The molecule has 2 aliphatic rings. The van der Waals surface area contributed by atoms with Crippen LogP contribution in [-0.4, -0.2) is 48.4 Å². The molecule has 3 N–H and O–H groups in total. The molecule has 2 fully saturated rings. The van der Waals surface area contributed by atoms with Crippen molar-refractivity contribution in [1.29, 1.82) is 0 Å². The summed E-state index contributed by atoms with van der Waals surface area (Å²) in [6.07, 6.45) is -0.880. The fourth-order valence-corrected chi connectivity index (χ4v) is 4.48. The highest BCUT2D eigenvalue weighted by atomic mass is 19.4. The van der Waals surface area contributed by atoms with Crippen LogP contribution in [0.1, 0.15) is 70.7 Å². The summed E-state index contributed by atoms with van der Waals surface area (Å²) in [5, 5.41) is 14.3. The molecule has 38 heavy (non-hydrogen) atoms. The van der Waals surface area contributed by atoms with E-state index in [1.54, 1.807) is 24.3 Å². The van der Waals surface area contributed by atoms with E-state index in [1.165, 1.54) is 12.1 Å². The summed E-state index contributed by atoms with van der Waals surface area (Å²) in [5.41, 5.74) is 0.864. The highest BCUT2D eigenvalue weighted by Crippen LogP contribution is 2.45. The number of alkyl halides is 3. The van der Waals surface area contributed by atoms with Crippen LogP contribution in [0.5, 0.6) is 11.5 Å². The van der Waals surface area contributed by atoms with E-state index in [1.807, 2.05) is 0 Å². The Morgan fingerprint density at radius 3 is 1.97 bits per heavy atom. The number of rotatable bonds is 10. The van der Waals surface area contributed by atoms with Crippen LogP contribution >= 0.6 is 0 Å². The maximum atomic E-state index is 12.8. The molecule has 2 saturated carbocycles. The maximum absolute atomic E-state index is 12.8. The highest BCUT2D eigenvalue weighted by Gasteiger charge is 2.35. The van der Waals surface area contributed by atoms with Crippen LogP contribution in [0.15, 0.2) is 42.5 Å². The first-order valence-electron chi connectivity index (χ1n) is 12.5. The number of benzene rings is 2. The second-order valence-corrected chi connectivity index (χ2v) is 9.54. The van der Waals surface area contributed by atoms with Gasteiger partial charge >= 0.3 is 12.3 Å². The minimum Gasteiger partial charge on any atom is -0.490 e. The Kier molecular flexibility index (Phi) is 8.43. The van der Waals surface area contributed by atoms with E-state index < -0.39 is 18.2 Å². The third-order valence-electron chi connectivity index (χ3n) is 6.66. The van der Waals surface area contributed by atoms with E-state index in [0.717, 1.165) is 18.9 Å². The molecule has 4 rings (SSSR count). The van der Waals surface area contributed by atoms with Crippen molar-refractivity contribution < 1.29 is 42.1 Å². The first kappa shape index (κ1) is 27.3. The van der Waals surface area contributed by atoms with Gasteiger partial charge in [0, 0.05) is 24.2 Å². The van der Waals surface area contributed by atoms with Crippen LogP contribution in [0.3, 0.4) is 0 Å². The summed E-state index contributed by atoms with van der Waals surface area (Å²) in [6, 6.07) is 10.6. The number of nitrogens with one attached hydrogen (secondary N) is 2. The molecule has 11 heteroatoms. The van der Waals surface area contributed by atoms with E-state index >= 15 is 0 Å². The minimum absolute atomic E-state index is 0.0131. The third kappa shape index (κ3) is 7.62. The smallest absolute Gasteiger partial charge is 0.490 e. The number of carbonyl (C=O) groups is 3. The van der Waals surface area contributed by atoms with Crippen LogP contribution in [-0.2, 0) is 4.79 Å². The summed E-state index contributed by atoms with van der Waals surface area (Å²) in [5.74, 6) is -1.78. The number of ether oxygens (including phenoxy) is 2. The molecule has 0 heterocycles. The molecule has 0 aromatic heterocycles. The van der Waals surface area contributed by atoms with Crippen LogP contribution in [0.25, 0.3) is 0 Å². The summed E-state index contributed by atoms with van der Waals surface area (Å²) < 4.78 is 48.4. The number of carboxylic acids is 1. The number of halogens is 3. The lowest BCUT2D eigenvalue weighted by molar-refractivity contribution is -0.274. The molecule has 0 spiro atoms. The number of hydrogen-bond donors (Lipinski definition) is 3. The molecule has 0 aliphatic heterocycles. The zero-order chi connectivity index (χ0) is 27.3. The van der Waals surface area contributed by atoms with E-state index in [0.29, 0.717) is 42.6 Å². The molecule has 0 unspecified atom stereocenters. The average molecular weight is 535 g/mol. The van der Waals surface area contributed by atoms with Gasteiger partial charge in [-0.25, -0.2) is 0 Å². The summed E-state index contributed by atoms with van der Waals surface area (Å²) in [7, 11) is 0. The SMILES string of the molecule is O=C(NCCNC(=O)c1ccc(C2CC2)c(OC(F)(F)F)c1)c1ccc(OC2CCC(C(=O)O)CC2)cc1. The van der Waals surface area contributed by atoms with Crippen LogP contribution in [0.4, 0.5) is 13.2 Å². The molecule has 2 amide bonds. The Morgan fingerprint density at radius 2 is 1.42 bits per heavy atom. The molecular weight excluding hydrogens is 505 g/mol. The van der Waals surface area contributed by atoms with Gasteiger partial charge in [0.2, 0.25) is 0 Å². The quantitative estimate of drug-likeness (QED) is 0.383. The van der Waals surface area contributed by atoms with Gasteiger partial charge in [-0.05, 0) is 86.4 Å². The second-order valence-electron chi connectivity index (χ2n) is 9.54. The number of carboxylic acid groups (broad SMARTS) is 1. The van der Waals surface area contributed by atoms with Gasteiger partial charge in [-0.1, -0.05) is 6.07 Å². The predicted molar refractivity (Wildman–Crippen MR) is 130 cm³/mol. The van der Waals surface area contributed by atoms with E-state index in [9.17, 15) is 27.6 Å². The minimum atomic E-state index is -4.85. The van der Waals surface area contributed by atoms with Gasteiger partial charge in [0.25, 0.3) is 11.8 Å². The lowest BCUT2D eigenvalue weighted by Gasteiger charge is -2.26. The molecule has 0 saturated heterocycles. The number of aliphatic carboxylic acids is 1. The van der Waals surface area contributed by atoms with E-state index in [4.69, 9.17) is 9.84 Å². The van der Waals surface area contributed by atoms with Gasteiger partial charge in [0.1, 0.15) is 11.5 Å². The van der Waals surface area contributed by atoms with Gasteiger partial charge in [-0.2, -0.15) is 0 Å². The highest BCUT2D eigenvalue weighted by molar-refractivity contribution is 5.95.